The Balaban J connectivity index is 2.20. The molecule has 0 bridgehead atoms. The van der Waals surface area contributed by atoms with Crippen LogP contribution in [0.4, 0.5) is 0 Å². The summed E-state index contributed by atoms with van der Waals surface area (Å²) in [7, 11) is 0. The van der Waals surface area contributed by atoms with Gasteiger partial charge in [-0.1, -0.05) is 13.8 Å². The van der Waals surface area contributed by atoms with Gasteiger partial charge in [-0.25, -0.2) is 4.79 Å². The van der Waals surface area contributed by atoms with E-state index < -0.39 is 35.7 Å². The number of hydrogen-bond donors (Lipinski definition) is 3. The molecule has 0 aromatic carbocycles. The third-order valence-corrected chi connectivity index (χ3v) is 4.02. The molecule has 2 aliphatic rings. The van der Waals surface area contributed by atoms with Crippen LogP contribution in [0.5, 0.6) is 0 Å². The first-order chi connectivity index (χ1) is 8.36. The Bertz CT molecular complexity index is 339. The summed E-state index contributed by atoms with van der Waals surface area (Å²) < 4.78 is 11.5. The number of rotatable bonds is 3. The van der Waals surface area contributed by atoms with E-state index in [2.05, 4.69) is 0 Å². The SMILES string of the molecule is CCC1(CC)O[C@H]2[C@H](O)C[C@](O)(C(=O)O)C[C@H]2O1. The topological polar surface area (TPSA) is 96.2 Å². The van der Waals surface area contributed by atoms with Gasteiger partial charge in [-0.3, -0.25) is 0 Å². The Labute approximate surface area is 106 Å². The van der Waals surface area contributed by atoms with Gasteiger partial charge in [0.05, 0.1) is 12.2 Å². The van der Waals surface area contributed by atoms with E-state index in [0.717, 1.165) is 0 Å². The number of ether oxygens (including phenoxy) is 2. The van der Waals surface area contributed by atoms with E-state index >= 15 is 0 Å². The molecular weight excluding hydrogens is 240 g/mol. The van der Waals surface area contributed by atoms with Crippen molar-refractivity contribution < 1.29 is 29.6 Å². The van der Waals surface area contributed by atoms with Crippen molar-refractivity contribution >= 4 is 5.97 Å². The smallest absolute Gasteiger partial charge is 0.335 e. The van der Waals surface area contributed by atoms with Crippen molar-refractivity contribution in [2.45, 2.75) is 69.2 Å². The molecule has 18 heavy (non-hydrogen) atoms. The number of hydrogen-bond acceptors (Lipinski definition) is 5. The summed E-state index contributed by atoms with van der Waals surface area (Å²) in [5.74, 6) is -2.09. The molecule has 1 aliphatic heterocycles. The van der Waals surface area contributed by atoms with Crippen LogP contribution in [0.3, 0.4) is 0 Å². The lowest BCUT2D eigenvalue weighted by atomic mass is 9.80. The second-order valence-corrected chi connectivity index (χ2v) is 5.17. The first-order valence-corrected chi connectivity index (χ1v) is 6.35. The zero-order valence-electron chi connectivity index (χ0n) is 10.6. The largest absolute Gasteiger partial charge is 0.479 e. The summed E-state index contributed by atoms with van der Waals surface area (Å²) in [5, 5.41) is 29.0. The van der Waals surface area contributed by atoms with E-state index in [1.54, 1.807) is 0 Å². The Hall–Kier alpha value is -0.690. The highest BCUT2D eigenvalue weighted by molar-refractivity contribution is 5.77. The zero-order chi connectivity index (χ0) is 13.6. The number of carboxylic acids is 1. The molecule has 0 amide bonds. The summed E-state index contributed by atoms with van der Waals surface area (Å²) in [6.07, 6.45) is -1.19. The summed E-state index contributed by atoms with van der Waals surface area (Å²) in [4.78, 5) is 11.1. The third kappa shape index (κ3) is 2.03. The molecule has 0 radical (unpaired) electrons. The van der Waals surface area contributed by atoms with Crippen LogP contribution in [-0.4, -0.2) is 51.0 Å². The van der Waals surface area contributed by atoms with E-state index in [0.29, 0.717) is 12.8 Å². The van der Waals surface area contributed by atoms with E-state index in [1.807, 2.05) is 13.8 Å². The van der Waals surface area contributed by atoms with Crippen molar-refractivity contribution in [1.82, 2.24) is 0 Å². The quantitative estimate of drug-likeness (QED) is 0.673. The predicted octanol–water partition coefficient (Wildman–Crippen LogP) is 0.257. The Kier molecular flexibility index (Phi) is 3.40. The maximum atomic E-state index is 11.1. The van der Waals surface area contributed by atoms with Gasteiger partial charge in [-0.2, -0.15) is 0 Å². The molecule has 2 fully saturated rings. The number of aliphatic hydroxyl groups is 2. The first-order valence-electron chi connectivity index (χ1n) is 6.35. The highest BCUT2D eigenvalue weighted by Gasteiger charge is 2.57. The molecule has 6 heteroatoms. The van der Waals surface area contributed by atoms with Crippen LogP contribution in [0.15, 0.2) is 0 Å². The van der Waals surface area contributed by atoms with Gasteiger partial charge in [-0.15, -0.1) is 0 Å². The van der Waals surface area contributed by atoms with Gasteiger partial charge in [0.1, 0.15) is 6.10 Å². The standard InChI is InChI=1S/C12H20O6/c1-3-12(4-2)17-8-6-11(16,10(14)15)5-7(13)9(8)18-12/h7-9,13,16H,3-6H2,1-2H3,(H,14,15)/t7-,8-,9+,11-/m1/s1. The van der Waals surface area contributed by atoms with Crippen LogP contribution in [0.2, 0.25) is 0 Å². The Morgan fingerprint density at radius 3 is 2.39 bits per heavy atom. The molecule has 104 valence electrons. The minimum Gasteiger partial charge on any atom is -0.479 e. The van der Waals surface area contributed by atoms with Gasteiger partial charge >= 0.3 is 5.97 Å². The van der Waals surface area contributed by atoms with Crippen LogP contribution >= 0.6 is 0 Å². The van der Waals surface area contributed by atoms with Gasteiger partial charge < -0.3 is 24.8 Å². The van der Waals surface area contributed by atoms with Crippen LogP contribution < -0.4 is 0 Å². The molecule has 1 aliphatic carbocycles. The average molecular weight is 260 g/mol. The number of aliphatic carboxylic acids is 1. The fourth-order valence-corrected chi connectivity index (χ4v) is 2.81. The number of aliphatic hydroxyl groups excluding tert-OH is 1. The van der Waals surface area contributed by atoms with E-state index in [1.165, 1.54) is 0 Å². The Morgan fingerprint density at radius 2 is 1.89 bits per heavy atom. The Morgan fingerprint density at radius 1 is 1.28 bits per heavy atom. The lowest BCUT2D eigenvalue weighted by Crippen LogP contribution is -2.55. The molecule has 1 saturated carbocycles. The van der Waals surface area contributed by atoms with Gasteiger partial charge in [-0.05, 0) is 12.8 Å². The third-order valence-electron chi connectivity index (χ3n) is 4.02. The maximum absolute atomic E-state index is 11.1. The molecule has 0 spiro atoms. The zero-order valence-corrected chi connectivity index (χ0v) is 10.6. The minimum atomic E-state index is -1.93. The molecule has 4 atom stereocenters. The van der Waals surface area contributed by atoms with E-state index in [-0.39, 0.29) is 12.8 Å². The second-order valence-electron chi connectivity index (χ2n) is 5.17. The number of carbonyl (C=O) groups is 1. The van der Waals surface area contributed by atoms with E-state index in [4.69, 9.17) is 14.6 Å². The molecule has 0 unspecified atom stereocenters. The molecule has 6 nitrogen and oxygen atoms in total. The molecule has 0 aromatic heterocycles. The minimum absolute atomic E-state index is 0.0498. The molecule has 0 aromatic rings. The van der Waals surface area contributed by atoms with Crippen LogP contribution in [-0.2, 0) is 14.3 Å². The van der Waals surface area contributed by atoms with Gasteiger partial charge in [0.15, 0.2) is 11.4 Å². The summed E-state index contributed by atoms with van der Waals surface area (Å²) in [6.45, 7) is 3.83. The fourth-order valence-electron chi connectivity index (χ4n) is 2.81. The van der Waals surface area contributed by atoms with Crippen LogP contribution in [0.25, 0.3) is 0 Å². The van der Waals surface area contributed by atoms with E-state index in [9.17, 15) is 15.0 Å². The van der Waals surface area contributed by atoms with Gasteiger partial charge in [0.2, 0.25) is 0 Å². The number of fused-ring (bicyclic) bond motifs is 1. The number of carboxylic acid groups (broad SMARTS) is 1. The summed E-state index contributed by atoms with van der Waals surface area (Å²) >= 11 is 0. The maximum Gasteiger partial charge on any atom is 0.335 e. The molecular formula is C12H20O6. The van der Waals surface area contributed by atoms with Crippen molar-refractivity contribution in [3.63, 3.8) is 0 Å². The van der Waals surface area contributed by atoms with Gasteiger partial charge in [0, 0.05) is 12.8 Å². The van der Waals surface area contributed by atoms with Crippen molar-refractivity contribution in [2.75, 3.05) is 0 Å². The molecule has 1 saturated heterocycles. The van der Waals surface area contributed by atoms with Crippen molar-refractivity contribution in [3.8, 4) is 0 Å². The van der Waals surface area contributed by atoms with Crippen LogP contribution in [0.1, 0.15) is 39.5 Å². The summed E-state index contributed by atoms with van der Waals surface area (Å²) in [5.41, 5.74) is -1.93. The molecule has 1 heterocycles. The lowest BCUT2D eigenvalue weighted by Gasteiger charge is -2.36. The van der Waals surface area contributed by atoms with Gasteiger partial charge in [0.25, 0.3) is 0 Å². The lowest BCUT2D eigenvalue weighted by molar-refractivity contribution is -0.184. The molecule has 2 rings (SSSR count). The highest BCUT2D eigenvalue weighted by Crippen LogP contribution is 2.43. The van der Waals surface area contributed by atoms with Crippen molar-refractivity contribution in [1.29, 1.82) is 0 Å². The fraction of sp³-hybridized carbons (Fsp3) is 0.917. The van der Waals surface area contributed by atoms with Crippen molar-refractivity contribution in [3.05, 3.63) is 0 Å². The van der Waals surface area contributed by atoms with Crippen LogP contribution in [0, 0.1) is 0 Å². The summed E-state index contributed by atoms with van der Waals surface area (Å²) in [6, 6.07) is 0. The second kappa shape index (κ2) is 4.45. The predicted molar refractivity (Wildman–Crippen MR) is 60.9 cm³/mol. The normalized spacial score (nSPS) is 42.6. The average Bonchev–Trinajstić information content (AvgIpc) is 2.68. The highest BCUT2D eigenvalue weighted by atomic mass is 16.8. The van der Waals surface area contributed by atoms with Crippen molar-refractivity contribution in [2.24, 2.45) is 0 Å². The monoisotopic (exact) mass is 260 g/mol. The molecule has 3 N–H and O–H groups in total. The first kappa shape index (κ1) is 13.7.